The second-order valence-corrected chi connectivity index (χ2v) is 5.60. The van der Waals surface area contributed by atoms with Crippen LogP contribution in [0.3, 0.4) is 0 Å². The van der Waals surface area contributed by atoms with Crippen molar-refractivity contribution >= 4 is 11.5 Å². The largest absolute Gasteiger partial charge is 0.282 e. The Balaban J connectivity index is 2.38. The van der Waals surface area contributed by atoms with Gasteiger partial charge in [-0.2, -0.15) is 0 Å². The number of rotatable bonds is 4. The van der Waals surface area contributed by atoms with E-state index < -0.39 is 0 Å². The van der Waals surface area contributed by atoms with E-state index >= 15 is 0 Å². The van der Waals surface area contributed by atoms with Crippen LogP contribution < -0.4 is 0 Å². The number of amidine groups is 1. The van der Waals surface area contributed by atoms with E-state index in [2.05, 4.69) is 37.9 Å². The first-order valence-electron chi connectivity index (χ1n) is 7.48. The van der Waals surface area contributed by atoms with Crippen LogP contribution in [0.25, 0.3) is 0 Å². The van der Waals surface area contributed by atoms with Gasteiger partial charge in [0.2, 0.25) is 0 Å². The number of allylic oxidation sites excluding steroid dienone is 2. The number of hydrogen-bond donors (Lipinski definition) is 1. The third kappa shape index (κ3) is 4.26. The van der Waals surface area contributed by atoms with E-state index in [1.54, 1.807) is 0 Å². The molecule has 1 N–H and O–H groups in total. The van der Waals surface area contributed by atoms with Crippen LogP contribution in [-0.2, 0) is 0 Å². The molecule has 0 aliphatic rings. The molecule has 0 spiro atoms. The maximum Gasteiger partial charge on any atom is 0.152 e. The highest BCUT2D eigenvalue weighted by atomic mass is 14.8. The monoisotopic (exact) mass is 290 g/mol. The highest BCUT2D eigenvalue weighted by Gasteiger charge is 2.08. The van der Waals surface area contributed by atoms with Crippen molar-refractivity contribution in [1.82, 2.24) is 0 Å². The molecule has 0 radical (unpaired) electrons. The minimum Gasteiger partial charge on any atom is -0.282 e. The SMILES string of the molecule is CC(C)=C(C)CC(=NC(=N)c1ccccc1)c1ccccc1. The molecule has 0 amide bonds. The first-order valence-corrected chi connectivity index (χ1v) is 7.48. The highest BCUT2D eigenvalue weighted by Crippen LogP contribution is 2.15. The molecule has 2 nitrogen and oxygen atoms in total. The van der Waals surface area contributed by atoms with Gasteiger partial charge in [-0.15, -0.1) is 0 Å². The molecule has 0 aliphatic heterocycles. The van der Waals surface area contributed by atoms with Gasteiger partial charge in [-0.05, 0) is 26.3 Å². The van der Waals surface area contributed by atoms with E-state index in [9.17, 15) is 0 Å². The molecule has 0 atom stereocenters. The van der Waals surface area contributed by atoms with E-state index in [1.165, 1.54) is 11.1 Å². The van der Waals surface area contributed by atoms with Crippen molar-refractivity contribution in [3.63, 3.8) is 0 Å². The Bertz CT molecular complexity index is 691. The zero-order valence-electron chi connectivity index (χ0n) is 13.4. The minimum absolute atomic E-state index is 0.306. The minimum atomic E-state index is 0.306. The van der Waals surface area contributed by atoms with E-state index in [0.717, 1.165) is 23.3 Å². The van der Waals surface area contributed by atoms with E-state index in [0.29, 0.717) is 5.84 Å². The van der Waals surface area contributed by atoms with Crippen molar-refractivity contribution in [3.8, 4) is 0 Å². The maximum atomic E-state index is 8.26. The van der Waals surface area contributed by atoms with Crippen molar-refractivity contribution in [2.45, 2.75) is 27.2 Å². The third-order valence-electron chi connectivity index (χ3n) is 3.69. The average molecular weight is 290 g/mol. The topological polar surface area (TPSA) is 36.2 Å². The lowest BCUT2D eigenvalue weighted by Gasteiger charge is -2.10. The first kappa shape index (κ1) is 15.9. The Morgan fingerprint density at radius 2 is 1.32 bits per heavy atom. The normalized spacial score (nSPS) is 11.1. The van der Waals surface area contributed by atoms with Crippen LogP contribution in [0.1, 0.15) is 38.3 Å². The molecule has 0 unspecified atom stereocenters. The molecule has 0 saturated carbocycles. The second-order valence-electron chi connectivity index (χ2n) is 5.60. The lowest BCUT2D eigenvalue weighted by Crippen LogP contribution is -2.07. The predicted octanol–water partition coefficient (Wildman–Crippen LogP) is 5.25. The Labute approximate surface area is 132 Å². The molecule has 0 heterocycles. The molecular formula is C20H22N2. The van der Waals surface area contributed by atoms with Gasteiger partial charge in [0.1, 0.15) is 0 Å². The Kier molecular flexibility index (Phi) is 5.42. The van der Waals surface area contributed by atoms with Crippen LogP contribution >= 0.6 is 0 Å². The smallest absolute Gasteiger partial charge is 0.152 e. The molecular weight excluding hydrogens is 268 g/mol. The summed E-state index contributed by atoms with van der Waals surface area (Å²) in [6, 6.07) is 19.8. The number of nitrogens with one attached hydrogen (secondary N) is 1. The number of nitrogens with zero attached hydrogens (tertiary/aromatic N) is 1. The van der Waals surface area contributed by atoms with Gasteiger partial charge in [0.25, 0.3) is 0 Å². The summed E-state index contributed by atoms with van der Waals surface area (Å²) in [6.07, 6.45) is 0.765. The van der Waals surface area contributed by atoms with Crippen LogP contribution in [0.4, 0.5) is 0 Å². The van der Waals surface area contributed by atoms with Crippen molar-refractivity contribution in [2.75, 3.05) is 0 Å². The molecule has 0 aliphatic carbocycles. The fourth-order valence-electron chi connectivity index (χ4n) is 2.06. The van der Waals surface area contributed by atoms with Gasteiger partial charge in [-0.1, -0.05) is 71.8 Å². The van der Waals surface area contributed by atoms with Gasteiger partial charge in [0.05, 0.1) is 5.71 Å². The molecule has 0 bridgehead atoms. The zero-order chi connectivity index (χ0) is 15.9. The molecule has 2 aromatic rings. The molecule has 0 fully saturated rings. The average Bonchev–Trinajstić information content (AvgIpc) is 2.55. The Hall–Kier alpha value is -2.48. The summed E-state index contributed by atoms with van der Waals surface area (Å²) in [5.74, 6) is 0.306. The van der Waals surface area contributed by atoms with Gasteiger partial charge >= 0.3 is 0 Å². The van der Waals surface area contributed by atoms with Gasteiger partial charge < -0.3 is 0 Å². The summed E-state index contributed by atoms with van der Waals surface area (Å²) in [7, 11) is 0. The van der Waals surface area contributed by atoms with Gasteiger partial charge in [-0.25, -0.2) is 4.99 Å². The summed E-state index contributed by atoms with van der Waals surface area (Å²) >= 11 is 0. The van der Waals surface area contributed by atoms with E-state index in [1.807, 2.05) is 48.5 Å². The third-order valence-corrected chi connectivity index (χ3v) is 3.69. The summed E-state index contributed by atoms with van der Waals surface area (Å²) in [5.41, 5.74) is 5.45. The number of benzene rings is 2. The molecule has 0 aromatic heterocycles. The lowest BCUT2D eigenvalue weighted by atomic mass is 10.00. The fraction of sp³-hybridized carbons (Fsp3) is 0.200. The predicted molar refractivity (Wildman–Crippen MR) is 94.9 cm³/mol. The van der Waals surface area contributed by atoms with Crippen molar-refractivity contribution in [2.24, 2.45) is 4.99 Å². The van der Waals surface area contributed by atoms with Crippen molar-refractivity contribution in [1.29, 1.82) is 5.41 Å². The summed E-state index contributed by atoms with van der Waals surface area (Å²) in [4.78, 5) is 4.61. The molecule has 2 rings (SSSR count). The lowest BCUT2D eigenvalue weighted by molar-refractivity contribution is 1.16. The first-order chi connectivity index (χ1) is 10.6. The van der Waals surface area contributed by atoms with Crippen molar-refractivity contribution in [3.05, 3.63) is 82.9 Å². The molecule has 2 heteroatoms. The summed E-state index contributed by atoms with van der Waals surface area (Å²) in [6.45, 7) is 6.35. The Morgan fingerprint density at radius 3 is 1.82 bits per heavy atom. The van der Waals surface area contributed by atoms with Crippen LogP contribution in [0.15, 0.2) is 76.8 Å². The Morgan fingerprint density at radius 1 is 0.818 bits per heavy atom. The maximum absolute atomic E-state index is 8.26. The van der Waals surface area contributed by atoms with E-state index in [4.69, 9.17) is 5.41 Å². The second kappa shape index (κ2) is 7.51. The van der Waals surface area contributed by atoms with Crippen LogP contribution in [0, 0.1) is 5.41 Å². The van der Waals surface area contributed by atoms with Crippen LogP contribution in [-0.4, -0.2) is 11.5 Å². The van der Waals surface area contributed by atoms with Crippen LogP contribution in [0.2, 0.25) is 0 Å². The molecule has 2 aromatic carbocycles. The molecule has 112 valence electrons. The standard InChI is InChI=1S/C20H22N2/c1-15(2)16(3)14-19(17-10-6-4-7-11-17)22-20(21)18-12-8-5-9-13-18/h4-13,21H,14H2,1-3H3. The summed E-state index contributed by atoms with van der Waals surface area (Å²) in [5, 5.41) is 8.26. The van der Waals surface area contributed by atoms with Gasteiger partial charge in [-0.3, -0.25) is 5.41 Å². The number of hydrogen-bond acceptors (Lipinski definition) is 1. The number of aliphatic imine (C=N–C) groups is 1. The molecule has 0 saturated heterocycles. The fourth-order valence-corrected chi connectivity index (χ4v) is 2.06. The quantitative estimate of drug-likeness (QED) is 0.454. The summed E-state index contributed by atoms with van der Waals surface area (Å²) < 4.78 is 0. The van der Waals surface area contributed by atoms with Crippen molar-refractivity contribution < 1.29 is 0 Å². The van der Waals surface area contributed by atoms with Gasteiger partial charge in [0.15, 0.2) is 5.84 Å². The van der Waals surface area contributed by atoms with E-state index in [-0.39, 0.29) is 0 Å². The molecule has 22 heavy (non-hydrogen) atoms. The zero-order valence-corrected chi connectivity index (χ0v) is 13.4. The highest BCUT2D eigenvalue weighted by molar-refractivity contribution is 6.12. The van der Waals surface area contributed by atoms with Gasteiger partial charge in [0, 0.05) is 12.0 Å². The van der Waals surface area contributed by atoms with Crippen LogP contribution in [0.5, 0.6) is 0 Å².